The molecule has 126 valence electrons. The zero-order valence-corrected chi connectivity index (χ0v) is 12.9. The normalized spacial score (nSPS) is 15.2. The third kappa shape index (κ3) is 4.37. The van der Waals surface area contributed by atoms with E-state index in [-0.39, 0.29) is 30.0 Å². The summed E-state index contributed by atoms with van der Waals surface area (Å²) in [6.07, 6.45) is -5.51. The summed E-state index contributed by atoms with van der Waals surface area (Å²) in [5.41, 5.74) is -0.508. The molecule has 0 fully saturated rings. The minimum absolute atomic E-state index is 0.00170. The van der Waals surface area contributed by atoms with E-state index in [1.807, 2.05) is 0 Å². The maximum atomic E-state index is 12.3. The van der Waals surface area contributed by atoms with Crippen molar-refractivity contribution >= 4 is 17.6 Å². The molecule has 0 spiro atoms. The number of ketones is 1. The van der Waals surface area contributed by atoms with Crippen LogP contribution in [0.2, 0.25) is 0 Å². The first-order valence-corrected chi connectivity index (χ1v) is 6.90. The Morgan fingerprint density at radius 1 is 1.22 bits per heavy atom. The number of ether oxygens (including phenoxy) is 2. The molecule has 0 radical (unpaired) electrons. The van der Waals surface area contributed by atoms with Gasteiger partial charge in [0, 0.05) is 18.5 Å². The lowest BCUT2D eigenvalue weighted by Crippen LogP contribution is -2.41. The SMILES string of the molecule is CC(C)(C)OC(=O)N1CCC(=O)c2cc(OC(F)(F)F)ccc21. The van der Waals surface area contributed by atoms with E-state index >= 15 is 0 Å². The molecule has 0 N–H and O–H groups in total. The number of benzene rings is 1. The summed E-state index contributed by atoms with van der Waals surface area (Å²) in [5, 5.41) is 0. The third-order valence-corrected chi connectivity index (χ3v) is 2.97. The average molecular weight is 331 g/mol. The second-order valence-electron chi connectivity index (χ2n) is 6.03. The van der Waals surface area contributed by atoms with Crippen LogP contribution in [0, 0.1) is 0 Å². The van der Waals surface area contributed by atoms with E-state index in [0.29, 0.717) is 0 Å². The molecule has 0 aromatic heterocycles. The van der Waals surface area contributed by atoms with E-state index in [4.69, 9.17) is 4.74 Å². The first-order chi connectivity index (χ1) is 10.5. The largest absolute Gasteiger partial charge is 0.573 e. The summed E-state index contributed by atoms with van der Waals surface area (Å²) in [5.74, 6) is -0.858. The molecule has 0 atom stereocenters. The molecule has 8 heteroatoms. The number of fused-ring (bicyclic) bond motifs is 1. The first-order valence-electron chi connectivity index (χ1n) is 6.90. The molecule has 5 nitrogen and oxygen atoms in total. The van der Waals surface area contributed by atoms with Crippen molar-refractivity contribution in [3.05, 3.63) is 23.8 Å². The topological polar surface area (TPSA) is 55.8 Å². The maximum Gasteiger partial charge on any atom is 0.573 e. The third-order valence-electron chi connectivity index (χ3n) is 2.97. The van der Waals surface area contributed by atoms with Gasteiger partial charge in [-0.15, -0.1) is 13.2 Å². The Hall–Kier alpha value is -2.25. The number of anilines is 1. The number of nitrogens with zero attached hydrogens (tertiary/aromatic N) is 1. The van der Waals surface area contributed by atoms with Crippen LogP contribution in [0.3, 0.4) is 0 Å². The molecular formula is C15H16F3NO4. The van der Waals surface area contributed by atoms with Gasteiger partial charge in [0.1, 0.15) is 11.4 Å². The highest BCUT2D eigenvalue weighted by Gasteiger charge is 2.34. The Labute approximate surface area is 131 Å². The van der Waals surface area contributed by atoms with Crippen molar-refractivity contribution in [2.75, 3.05) is 11.4 Å². The fraction of sp³-hybridized carbons (Fsp3) is 0.467. The number of Topliss-reactive ketones (excluding diaryl/α,β-unsaturated/α-hetero) is 1. The van der Waals surface area contributed by atoms with E-state index in [1.54, 1.807) is 20.8 Å². The summed E-state index contributed by atoms with van der Waals surface area (Å²) in [4.78, 5) is 25.4. The van der Waals surface area contributed by atoms with Crippen molar-refractivity contribution in [2.24, 2.45) is 0 Å². The van der Waals surface area contributed by atoms with Gasteiger partial charge in [-0.1, -0.05) is 0 Å². The van der Waals surface area contributed by atoms with E-state index < -0.39 is 23.8 Å². The number of hydrogen-bond donors (Lipinski definition) is 0. The van der Waals surface area contributed by atoms with Crippen LogP contribution in [0.1, 0.15) is 37.6 Å². The minimum atomic E-state index is -4.85. The van der Waals surface area contributed by atoms with Gasteiger partial charge in [0.2, 0.25) is 0 Å². The lowest BCUT2D eigenvalue weighted by Gasteiger charge is -2.31. The van der Waals surface area contributed by atoms with Crippen molar-refractivity contribution < 1.29 is 32.2 Å². The van der Waals surface area contributed by atoms with Crippen molar-refractivity contribution in [2.45, 2.75) is 39.2 Å². The van der Waals surface area contributed by atoms with E-state index in [2.05, 4.69) is 4.74 Å². The summed E-state index contributed by atoms with van der Waals surface area (Å²) >= 11 is 0. The first kappa shape index (κ1) is 17.1. The molecule has 1 aromatic carbocycles. The molecule has 1 amide bonds. The van der Waals surface area contributed by atoms with E-state index in [9.17, 15) is 22.8 Å². The molecular weight excluding hydrogens is 315 g/mol. The zero-order chi connectivity index (χ0) is 17.4. The molecule has 0 saturated carbocycles. The Morgan fingerprint density at radius 2 is 1.87 bits per heavy atom. The van der Waals surface area contributed by atoms with Crippen LogP contribution in [0.4, 0.5) is 23.7 Å². The Morgan fingerprint density at radius 3 is 2.43 bits per heavy atom. The summed E-state index contributed by atoms with van der Waals surface area (Å²) in [6.45, 7) is 5.20. The summed E-state index contributed by atoms with van der Waals surface area (Å²) < 4.78 is 45.9. The molecule has 1 aliphatic rings. The molecule has 1 aliphatic heterocycles. The standard InChI is InChI=1S/C15H16F3NO4/c1-14(2,3)23-13(21)19-7-6-12(20)10-8-9(4-5-11(10)19)22-15(16,17)18/h4-5,8H,6-7H2,1-3H3. The molecule has 0 unspecified atom stereocenters. The van der Waals surface area contributed by atoms with Crippen molar-refractivity contribution in [1.82, 2.24) is 0 Å². The second-order valence-corrected chi connectivity index (χ2v) is 6.03. The van der Waals surface area contributed by atoms with E-state index in [1.165, 1.54) is 11.0 Å². The van der Waals surface area contributed by atoms with Crippen LogP contribution in [0.5, 0.6) is 5.75 Å². The van der Waals surface area contributed by atoms with E-state index in [0.717, 1.165) is 12.1 Å². The van der Waals surface area contributed by atoms with Crippen LogP contribution in [0.15, 0.2) is 18.2 Å². The van der Waals surface area contributed by atoms with Gasteiger partial charge in [-0.2, -0.15) is 0 Å². The number of halogens is 3. The highest BCUT2D eigenvalue weighted by molar-refractivity contribution is 6.07. The number of amides is 1. The van der Waals surface area contributed by atoms with Gasteiger partial charge in [-0.25, -0.2) is 4.79 Å². The van der Waals surface area contributed by atoms with Gasteiger partial charge in [0.15, 0.2) is 5.78 Å². The number of hydrogen-bond acceptors (Lipinski definition) is 4. The number of rotatable bonds is 1. The quantitative estimate of drug-likeness (QED) is 0.783. The summed E-state index contributed by atoms with van der Waals surface area (Å²) in [7, 11) is 0. The average Bonchev–Trinajstić information content (AvgIpc) is 2.35. The predicted molar refractivity (Wildman–Crippen MR) is 75.7 cm³/mol. The van der Waals surface area contributed by atoms with Gasteiger partial charge >= 0.3 is 12.5 Å². The summed E-state index contributed by atoms with van der Waals surface area (Å²) in [6, 6.07) is 3.29. The predicted octanol–water partition coefficient (Wildman–Crippen LogP) is 3.91. The van der Waals surface area contributed by atoms with Crippen molar-refractivity contribution in [3.63, 3.8) is 0 Å². The Balaban J connectivity index is 2.32. The lowest BCUT2D eigenvalue weighted by molar-refractivity contribution is -0.274. The number of carbonyl (C=O) groups excluding carboxylic acids is 2. The molecule has 1 heterocycles. The fourth-order valence-corrected chi connectivity index (χ4v) is 2.15. The van der Waals surface area contributed by atoms with Crippen LogP contribution < -0.4 is 9.64 Å². The maximum absolute atomic E-state index is 12.3. The Bertz CT molecular complexity index is 635. The highest BCUT2D eigenvalue weighted by Crippen LogP contribution is 2.33. The van der Waals surface area contributed by atoms with Gasteiger partial charge < -0.3 is 9.47 Å². The highest BCUT2D eigenvalue weighted by atomic mass is 19.4. The van der Waals surface area contributed by atoms with Crippen molar-refractivity contribution in [3.8, 4) is 5.75 Å². The molecule has 23 heavy (non-hydrogen) atoms. The molecule has 1 aromatic rings. The molecule has 0 aliphatic carbocycles. The Kier molecular flexibility index (Phi) is 4.28. The number of alkyl halides is 3. The number of carbonyl (C=O) groups is 2. The van der Waals surface area contributed by atoms with Crippen LogP contribution >= 0.6 is 0 Å². The molecule has 0 saturated heterocycles. The second kappa shape index (κ2) is 5.75. The fourth-order valence-electron chi connectivity index (χ4n) is 2.15. The minimum Gasteiger partial charge on any atom is -0.443 e. The van der Waals surface area contributed by atoms with Crippen LogP contribution in [-0.4, -0.2) is 30.4 Å². The molecule has 0 bridgehead atoms. The van der Waals surface area contributed by atoms with Crippen LogP contribution in [0.25, 0.3) is 0 Å². The zero-order valence-electron chi connectivity index (χ0n) is 12.9. The van der Waals surface area contributed by atoms with Gasteiger partial charge in [0.25, 0.3) is 0 Å². The van der Waals surface area contributed by atoms with Gasteiger partial charge in [-0.05, 0) is 39.0 Å². The van der Waals surface area contributed by atoms with Crippen molar-refractivity contribution in [1.29, 1.82) is 0 Å². The monoisotopic (exact) mass is 331 g/mol. The molecule has 2 rings (SSSR count). The van der Waals surface area contributed by atoms with Gasteiger partial charge in [-0.3, -0.25) is 9.69 Å². The smallest absolute Gasteiger partial charge is 0.443 e. The van der Waals surface area contributed by atoms with Gasteiger partial charge in [0.05, 0.1) is 5.69 Å². The lowest BCUT2D eigenvalue weighted by atomic mass is 10.0. The van der Waals surface area contributed by atoms with Crippen LogP contribution in [-0.2, 0) is 4.74 Å².